The first kappa shape index (κ1) is 19.4. The number of aryl methyl sites for hydroxylation is 1. The smallest absolute Gasteiger partial charge is 0.222 e. The number of hydrogen-bond acceptors (Lipinski definition) is 2. The zero-order valence-corrected chi connectivity index (χ0v) is 15.5. The van der Waals surface area contributed by atoms with E-state index in [2.05, 4.69) is 5.32 Å². The normalized spacial score (nSPS) is 15.9. The van der Waals surface area contributed by atoms with Crippen molar-refractivity contribution in [2.24, 2.45) is 5.41 Å². The second-order valence-electron chi connectivity index (χ2n) is 8.09. The molecular formula is C20H29FN2O2. The molecule has 0 saturated carbocycles. The van der Waals surface area contributed by atoms with E-state index < -0.39 is 0 Å². The first-order chi connectivity index (χ1) is 11.7. The maximum atomic E-state index is 13.2. The number of piperidine rings is 1. The molecule has 5 heteroatoms. The highest BCUT2D eigenvalue weighted by Gasteiger charge is 2.25. The summed E-state index contributed by atoms with van der Waals surface area (Å²) in [6.07, 6.45) is 3.05. The highest BCUT2D eigenvalue weighted by Crippen LogP contribution is 2.19. The Balaban J connectivity index is 1.72. The number of carbonyl (C=O) groups is 2. The van der Waals surface area contributed by atoms with Crippen LogP contribution in [0.25, 0.3) is 0 Å². The zero-order valence-electron chi connectivity index (χ0n) is 15.5. The molecule has 1 saturated heterocycles. The number of halogens is 1. The van der Waals surface area contributed by atoms with Crippen LogP contribution in [-0.4, -0.2) is 35.8 Å². The molecule has 0 atom stereocenters. The van der Waals surface area contributed by atoms with Crippen LogP contribution in [0.3, 0.4) is 0 Å². The third-order valence-electron chi connectivity index (χ3n) is 4.42. The fourth-order valence-electron chi connectivity index (χ4n) is 3.14. The molecule has 1 heterocycles. The van der Waals surface area contributed by atoms with Gasteiger partial charge in [-0.25, -0.2) is 4.39 Å². The van der Waals surface area contributed by atoms with Crippen molar-refractivity contribution in [1.29, 1.82) is 0 Å². The summed E-state index contributed by atoms with van der Waals surface area (Å²) in [7, 11) is 0. The molecule has 4 nitrogen and oxygen atoms in total. The Kier molecular flexibility index (Phi) is 6.57. The van der Waals surface area contributed by atoms with Crippen LogP contribution in [0.15, 0.2) is 24.3 Å². The summed E-state index contributed by atoms with van der Waals surface area (Å²) in [5.41, 5.74) is 0.829. The SMILES string of the molecule is CC(C)(C)CC(=O)NC1CCN(C(=O)CCc2cccc(F)c2)CC1. The fourth-order valence-corrected chi connectivity index (χ4v) is 3.14. The Labute approximate surface area is 149 Å². The number of rotatable bonds is 5. The summed E-state index contributed by atoms with van der Waals surface area (Å²) in [5.74, 6) is -0.0797. The predicted octanol–water partition coefficient (Wildman–Crippen LogP) is 3.30. The molecule has 1 aromatic rings. The Bertz CT molecular complexity index is 602. The van der Waals surface area contributed by atoms with Crippen molar-refractivity contribution in [3.8, 4) is 0 Å². The lowest BCUT2D eigenvalue weighted by atomic mass is 9.91. The van der Waals surface area contributed by atoms with Crippen LogP contribution >= 0.6 is 0 Å². The average Bonchev–Trinajstić information content (AvgIpc) is 2.51. The van der Waals surface area contributed by atoms with Crippen molar-refractivity contribution >= 4 is 11.8 Å². The fraction of sp³-hybridized carbons (Fsp3) is 0.600. The molecule has 25 heavy (non-hydrogen) atoms. The second-order valence-corrected chi connectivity index (χ2v) is 8.09. The Morgan fingerprint density at radius 3 is 2.52 bits per heavy atom. The molecule has 1 N–H and O–H groups in total. The van der Waals surface area contributed by atoms with E-state index >= 15 is 0 Å². The van der Waals surface area contributed by atoms with Crippen LogP contribution in [0, 0.1) is 11.2 Å². The first-order valence-electron chi connectivity index (χ1n) is 9.04. The lowest BCUT2D eigenvalue weighted by molar-refractivity contribution is -0.132. The summed E-state index contributed by atoms with van der Waals surface area (Å²) in [6.45, 7) is 7.48. The Morgan fingerprint density at radius 2 is 1.92 bits per heavy atom. The Hall–Kier alpha value is -1.91. The van der Waals surface area contributed by atoms with Crippen molar-refractivity contribution in [2.45, 2.75) is 58.9 Å². The largest absolute Gasteiger partial charge is 0.353 e. The van der Waals surface area contributed by atoms with Gasteiger partial charge in [0.05, 0.1) is 0 Å². The van der Waals surface area contributed by atoms with E-state index in [1.807, 2.05) is 31.7 Å². The summed E-state index contributed by atoms with van der Waals surface area (Å²) in [5, 5.41) is 3.08. The molecule has 0 bridgehead atoms. The monoisotopic (exact) mass is 348 g/mol. The molecule has 0 aliphatic carbocycles. The van der Waals surface area contributed by atoms with Crippen LogP contribution < -0.4 is 5.32 Å². The van der Waals surface area contributed by atoms with Crippen molar-refractivity contribution in [2.75, 3.05) is 13.1 Å². The molecule has 0 spiro atoms. The van der Waals surface area contributed by atoms with Gasteiger partial charge in [0.2, 0.25) is 11.8 Å². The molecule has 1 aromatic carbocycles. The highest BCUT2D eigenvalue weighted by molar-refractivity contribution is 5.77. The summed E-state index contributed by atoms with van der Waals surface area (Å²) >= 11 is 0. The molecule has 1 aliphatic heterocycles. The topological polar surface area (TPSA) is 49.4 Å². The summed E-state index contributed by atoms with van der Waals surface area (Å²) in [4.78, 5) is 26.2. The second kappa shape index (κ2) is 8.45. The van der Waals surface area contributed by atoms with E-state index in [1.165, 1.54) is 12.1 Å². The maximum absolute atomic E-state index is 13.2. The van der Waals surface area contributed by atoms with E-state index in [0.29, 0.717) is 32.4 Å². The minimum absolute atomic E-state index is 0.0162. The lowest BCUT2D eigenvalue weighted by Gasteiger charge is -2.33. The third-order valence-corrected chi connectivity index (χ3v) is 4.42. The number of nitrogens with zero attached hydrogens (tertiary/aromatic N) is 1. The van der Waals surface area contributed by atoms with Gasteiger partial charge in [0, 0.05) is 32.0 Å². The van der Waals surface area contributed by atoms with Gasteiger partial charge in [-0.3, -0.25) is 9.59 Å². The van der Waals surface area contributed by atoms with Gasteiger partial charge in [0.25, 0.3) is 0 Å². The number of amides is 2. The van der Waals surface area contributed by atoms with E-state index in [4.69, 9.17) is 0 Å². The molecule has 0 radical (unpaired) electrons. The van der Waals surface area contributed by atoms with Gasteiger partial charge in [-0.2, -0.15) is 0 Å². The van der Waals surface area contributed by atoms with Gasteiger partial charge in [-0.05, 0) is 42.4 Å². The summed E-state index contributed by atoms with van der Waals surface area (Å²) in [6, 6.07) is 6.55. The molecule has 1 fully saturated rings. The number of benzene rings is 1. The van der Waals surface area contributed by atoms with Gasteiger partial charge in [0.1, 0.15) is 5.82 Å². The van der Waals surface area contributed by atoms with Gasteiger partial charge in [-0.15, -0.1) is 0 Å². The maximum Gasteiger partial charge on any atom is 0.222 e. The first-order valence-corrected chi connectivity index (χ1v) is 9.04. The number of nitrogens with one attached hydrogen (secondary N) is 1. The van der Waals surface area contributed by atoms with Gasteiger partial charge < -0.3 is 10.2 Å². The van der Waals surface area contributed by atoms with Crippen molar-refractivity contribution in [1.82, 2.24) is 10.2 Å². The summed E-state index contributed by atoms with van der Waals surface area (Å²) < 4.78 is 13.2. The van der Waals surface area contributed by atoms with Gasteiger partial charge in [0.15, 0.2) is 0 Å². The molecule has 138 valence electrons. The average molecular weight is 348 g/mol. The van der Waals surface area contributed by atoms with Crippen molar-refractivity contribution in [3.63, 3.8) is 0 Å². The molecule has 1 aliphatic rings. The number of carbonyl (C=O) groups excluding carboxylic acids is 2. The van der Waals surface area contributed by atoms with Gasteiger partial charge in [-0.1, -0.05) is 32.9 Å². The van der Waals surface area contributed by atoms with Crippen LogP contribution in [0.1, 0.15) is 52.0 Å². The minimum atomic E-state index is -0.267. The Morgan fingerprint density at radius 1 is 1.24 bits per heavy atom. The van der Waals surface area contributed by atoms with Gasteiger partial charge >= 0.3 is 0 Å². The van der Waals surface area contributed by atoms with Crippen LogP contribution in [0.4, 0.5) is 4.39 Å². The predicted molar refractivity (Wildman–Crippen MR) is 96.5 cm³/mol. The molecule has 0 aromatic heterocycles. The molecule has 2 amide bonds. The number of hydrogen-bond donors (Lipinski definition) is 1. The number of likely N-dealkylation sites (tertiary alicyclic amines) is 1. The zero-order chi connectivity index (χ0) is 18.4. The molecular weight excluding hydrogens is 319 g/mol. The van der Waals surface area contributed by atoms with Crippen LogP contribution in [0.5, 0.6) is 0 Å². The van der Waals surface area contributed by atoms with E-state index in [0.717, 1.165) is 18.4 Å². The van der Waals surface area contributed by atoms with Crippen LogP contribution in [-0.2, 0) is 16.0 Å². The van der Waals surface area contributed by atoms with Crippen molar-refractivity contribution in [3.05, 3.63) is 35.6 Å². The quantitative estimate of drug-likeness (QED) is 0.887. The molecule has 0 unspecified atom stereocenters. The standard InChI is InChI=1S/C20H29FN2O2/c1-20(2,3)14-18(24)22-17-9-11-23(12-10-17)19(25)8-7-15-5-4-6-16(21)13-15/h4-6,13,17H,7-12,14H2,1-3H3,(H,22,24). The minimum Gasteiger partial charge on any atom is -0.353 e. The van der Waals surface area contributed by atoms with Crippen molar-refractivity contribution < 1.29 is 14.0 Å². The lowest BCUT2D eigenvalue weighted by Crippen LogP contribution is -2.47. The van der Waals surface area contributed by atoms with E-state index in [-0.39, 0.29) is 29.1 Å². The molecule has 2 rings (SSSR count). The third kappa shape index (κ3) is 6.85. The van der Waals surface area contributed by atoms with E-state index in [9.17, 15) is 14.0 Å². The highest BCUT2D eigenvalue weighted by atomic mass is 19.1. The van der Waals surface area contributed by atoms with E-state index in [1.54, 1.807) is 6.07 Å². The van der Waals surface area contributed by atoms with Crippen LogP contribution in [0.2, 0.25) is 0 Å².